The first-order valence-corrected chi connectivity index (χ1v) is 8.97. The van der Waals surface area contributed by atoms with Gasteiger partial charge in [0.25, 0.3) is 0 Å². The summed E-state index contributed by atoms with van der Waals surface area (Å²) in [5.41, 5.74) is 2.68. The second kappa shape index (κ2) is 4.72. The Balaban J connectivity index is 1.78. The molecule has 4 aliphatic carbocycles. The molecule has 0 aliphatic heterocycles. The molecule has 0 aromatic rings. The van der Waals surface area contributed by atoms with Gasteiger partial charge < -0.3 is 4.74 Å². The van der Waals surface area contributed by atoms with Crippen LogP contribution in [0.3, 0.4) is 0 Å². The van der Waals surface area contributed by atoms with Crippen molar-refractivity contribution in [3.63, 3.8) is 0 Å². The Hall–Kier alpha value is -0.560. The van der Waals surface area contributed by atoms with Gasteiger partial charge in [0.1, 0.15) is 0 Å². The molecule has 0 heterocycles. The third-order valence-corrected chi connectivity index (χ3v) is 7.73. The molecule has 116 valence electrons. The van der Waals surface area contributed by atoms with Crippen LogP contribution in [0.15, 0.2) is 23.8 Å². The van der Waals surface area contributed by atoms with Gasteiger partial charge in [0.2, 0.25) is 0 Å². The first-order valence-electron chi connectivity index (χ1n) is 8.97. The van der Waals surface area contributed by atoms with Gasteiger partial charge in [0, 0.05) is 7.11 Å². The van der Waals surface area contributed by atoms with Crippen LogP contribution in [-0.4, -0.2) is 13.2 Å². The van der Waals surface area contributed by atoms with Gasteiger partial charge in [0.15, 0.2) is 0 Å². The van der Waals surface area contributed by atoms with E-state index in [1.165, 1.54) is 38.5 Å². The highest BCUT2D eigenvalue weighted by atomic mass is 16.5. The number of rotatable bonds is 1. The Kier molecular flexibility index (Phi) is 3.16. The van der Waals surface area contributed by atoms with Crippen molar-refractivity contribution in [1.29, 1.82) is 0 Å². The molecule has 0 N–H and O–H groups in total. The fourth-order valence-electron chi connectivity index (χ4n) is 6.47. The van der Waals surface area contributed by atoms with Gasteiger partial charge in [0.05, 0.1) is 6.10 Å². The maximum absolute atomic E-state index is 6.01. The van der Waals surface area contributed by atoms with Crippen LogP contribution in [0.4, 0.5) is 0 Å². The summed E-state index contributed by atoms with van der Waals surface area (Å²) in [6.45, 7) is 5.11. The van der Waals surface area contributed by atoms with E-state index < -0.39 is 0 Å². The summed E-state index contributed by atoms with van der Waals surface area (Å²) in [6, 6.07) is 0. The molecule has 4 aliphatic rings. The van der Waals surface area contributed by atoms with Crippen molar-refractivity contribution in [3.8, 4) is 0 Å². The van der Waals surface area contributed by atoms with E-state index in [0.717, 1.165) is 24.2 Å². The van der Waals surface area contributed by atoms with Crippen molar-refractivity contribution in [2.75, 3.05) is 7.11 Å². The highest BCUT2D eigenvalue weighted by Crippen LogP contribution is 2.64. The van der Waals surface area contributed by atoms with Crippen LogP contribution in [0, 0.1) is 28.6 Å². The SMILES string of the molecule is CO[C@@H]1C=C2CC=CC[C@]2(C)[C@H]2CC[C@]3(C)CCC[C@H]3[C@H]12. The molecule has 1 heteroatoms. The quantitative estimate of drug-likeness (QED) is 0.607. The van der Waals surface area contributed by atoms with Gasteiger partial charge in [-0.25, -0.2) is 0 Å². The van der Waals surface area contributed by atoms with Crippen LogP contribution >= 0.6 is 0 Å². The zero-order valence-electron chi connectivity index (χ0n) is 13.9. The number of hydrogen-bond acceptors (Lipinski definition) is 1. The molecular formula is C20H30O. The first kappa shape index (κ1) is 14.1. The molecule has 2 fully saturated rings. The standard InChI is InChI=1S/C20H30O/c1-19-10-6-8-15(19)18-16(9-12-19)20(2)11-5-4-7-14(20)13-17(18)21-3/h4-5,13,15-18H,6-12H2,1-3H3/t15-,16-,17+,18-,19-,20-/m0/s1. The normalized spacial score (nSPS) is 51.9. The van der Waals surface area contributed by atoms with E-state index in [0.29, 0.717) is 16.9 Å². The summed E-state index contributed by atoms with van der Waals surface area (Å²) >= 11 is 0. The minimum atomic E-state index is 0.368. The van der Waals surface area contributed by atoms with Crippen molar-refractivity contribution in [2.45, 2.75) is 64.9 Å². The molecular weight excluding hydrogens is 256 g/mol. The molecule has 0 saturated heterocycles. The van der Waals surface area contributed by atoms with E-state index in [1.807, 2.05) is 7.11 Å². The third-order valence-electron chi connectivity index (χ3n) is 7.73. The number of ether oxygens (including phenoxy) is 1. The highest BCUT2D eigenvalue weighted by Gasteiger charge is 2.57. The van der Waals surface area contributed by atoms with Crippen molar-refractivity contribution in [3.05, 3.63) is 23.8 Å². The minimum absolute atomic E-state index is 0.368. The summed E-state index contributed by atoms with van der Waals surface area (Å²) in [5, 5.41) is 0. The molecule has 0 aromatic heterocycles. The van der Waals surface area contributed by atoms with E-state index in [4.69, 9.17) is 4.74 Å². The van der Waals surface area contributed by atoms with E-state index in [2.05, 4.69) is 32.1 Å². The lowest BCUT2D eigenvalue weighted by atomic mass is 9.48. The molecule has 0 amide bonds. The molecule has 0 aromatic carbocycles. The molecule has 21 heavy (non-hydrogen) atoms. The second-order valence-corrected chi connectivity index (χ2v) is 8.56. The predicted molar refractivity (Wildman–Crippen MR) is 87.0 cm³/mol. The molecule has 2 saturated carbocycles. The summed E-state index contributed by atoms with van der Waals surface area (Å²) in [7, 11) is 1.93. The van der Waals surface area contributed by atoms with Gasteiger partial charge >= 0.3 is 0 Å². The lowest BCUT2D eigenvalue weighted by molar-refractivity contribution is -0.0825. The molecule has 6 atom stereocenters. The van der Waals surface area contributed by atoms with Crippen LogP contribution in [0.1, 0.15) is 58.8 Å². The highest BCUT2D eigenvalue weighted by molar-refractivity contribution is 5.30. The monoisotopic (exact) mass is 286 g/mol. The van der Waals surface area contributed by atoms with Gasteiger partial charge in [-0.2, -0.15) is 0 Å². The van der Waals surface area contributed by atoms with Crippen LogP contribution in [0.2, 0.25) is 0 Å². The van der Waals surface area contributed by atoms with Crippen LogP contribution < -0.4 is 0 Å². The van der Waals surface area contributed by atoms with E-state index >= 15 is 0 Å². The molecule has 0 radical (unpaired) electrons. The van der Waals surface area contributed by atoms with Gasteiger partial charge in [-0.1, -0.05) is 44.1 Å². The zero-order valence-corrected chi connectivity index (χ0v) is 13.9. The molecule has 0 spiro atoms. The number of methoxy groups -OCH3 is 1. The Morgan fingerprint density at radius 2 is 1.95 bits per heavy atom. The minimum Gasteiger partial charge on any atom is -0.377 e. The maximum Gasteiger partial charge on any atom is 0.0788 e. The summed E-state index contributed by atoms with van der Waals surface area (Å²) in [6.07, 6.45) is 17.3. The summed E-state index contributed by atoms with van der Waals surface area (Å²) in [5.74, 6) is 2.49. The Morgan fingerprint density at radius 1 is 1.10 bits per heavy atom. The van der Waals surface area contributed by atoms with Crippen molar-refractivity contribution in [1.82, 2.24) is 0 Å². The molecule has 4 rings (SSSR count). The average Bonchev–Trinajstić information content (AvgIpc) is 2.87. The molecule has 0 unspecified atom stereocenters. The number of allylic oxidation sites excluding steroid dienone is 3. The van der Waals surface area contributed by atoms with Crippen molar-refractivity contribution >= 4 is 0 Å². The van der Waals surface area contributed by atoms with E-state index in [-0.39, 0.29) is 0 Å². The largest absolute Gasteiger partial charge is 0.377 e. The molecule has 1 nitrogen and oxygen atoms in total. The van der Waals surface area contributed by atoms with Gasteiger partial charge in [-0.3, -0.25) is 0 Å². The summed E-state index contributed by atoms with van der Waals surface area (Å²) < 4.78 is 6.01. The lowest BCUT2D eigenvalue weighted by Crippen LogP contribution is -2.53. The van der Waals surface area contributed by atoms with Crippen LogP contribution in [0.5, 0.6) is 0 Å². The smallest absolute Gasteiger partial charge is 0.0788 e. The van der Waals surface area contributed by atoms with E-state index in [1.54, 1.807) is 5.57 Å². The second-order valence-electron chi connectivity index (χ2n) is 8.56. The van der Waals surface area contributed by atoms with Crippen molar-refractivity contribution < 1.29 is 4.74 Å². The van der Waals surface area contributed by atoms with Crippen LogP contribution in [-0.2, 0) is 4.74 Å². The number of fused-ring (bicyclic) bond motifs is 5. The third kappa shape index (κ3) is 1.86. The van der Waals surface area contributed by atoms with Crippen molar-refractivity contribution in [2.24, 2.45) is 28.6 Å². The Bertz CT molecular complexity index is 490. The first-order chi connectivity index (χ1) is 10.1. The number of hydrogen-bond donors (Lipinski definition) is 0. The molecule has 0 bridgehead atoms. The maximum atomic E-state index is 6.01. The van der Waals surface area contributed by atoms with Crippen LogP contribution in [0.25, 0.3) is 0 Å². The summed E-state index contributed by atoms with van der Waals surface area (Å²) in [4.78, 5) is 0. The van der Waals surface area contributed by atoms with E-state index in [9.17, 15) is 0 Å². The zero-order chi connectivity index (χ0) is 14.7. The fourth-order valence-corrected chi connectivity index (χ4v) is 6.47. The topological polar surface area (TPSA) is 9.23 Å². The predicted octanol–water partition coefficient (Wildman–Crippen LogP) is 5.13. The lowest BCUT2D eigenvalue weighted by Gasteiger charge is -2.58. The average molecular weight is 286 g/mol. The Morgan fingerprint density at radius 3 is 2.76 bits per heavy atom. The Labute approximate surface area is 129 Å². The fraction of sp³-hybridized carbons (Fsp3) is 0.800. The van der Waals surface area contributed by atoms with Gasteiger partial charge in [-0.05, 0) is 67.1 Å². The van der Waals surface area contributed by atoms with Gasteiger partial charge in [-0.15, -0.1) is 0 Å².